The van der Waals surface area contributed by atoms with E-state index in [2.05, 4.69) is 141 Å². The first kappa shape index (κ1) is 43.5. The average Bonchev–Trinajstić information content (AvgIpc) is 3.25. The molecule has 7 nitrogen and oxygen atoms in total. The number of aldehydes is 1. The van der Waals surface area contributed by atoms with Gasteiger partial charge in [-0.15, -0.1) is 0 Å². The first-order chi connectivity index (χ1) is 28.8. The second-order valence-corrected chi connectivity index (χ2v) is 20.3. The summed E-state index contributed by atoms with van der Waals surface area (Å²) in [7, 11) is -1.51. The van der Waals surface area contributed by atoms with Gasteiger partial charge < -0.3 is 28.1 Å². The smallest absolute Gasteiger partial charge is 0.184 e. The third kappa shape index (κ3) is 15.9. The van der Waals surface area contributed by atoms with Crippen molar-refractivity contribution in [2.24, 2.45) is 0 Å². The summed E-state index contributed by atoms with van der Waals surface area (Å²) in [4.78, 5) is 10.8. The number of ether oxygens (including phenoxy) is 5. The Balaban J connectivity index is 0.801. The van der Waals surface area contributed by atoms with E-state index in [1.54, 1.807) is 12.1 Å². The van der Waals surface area contributed by atoms with Crippen LogP contribution in [-0.4, -0.2) is 14.6 Å². The number of carbonyl (C=O) groups is 1. The molecule has 0 bridgehead atoms. The predicted octanol–water partition coefficient (Wildman–Crippen LogP) is 11.4. The number of hydrogen-bond acceptors (Lipinski definition) is 7. The van der Waals surface area contributed by atoms with Gasteiger partial charge in [0.1, 0.15) is 6.29 Å². The lowest BCUT2D eigenvalue weighted by Crippen LogP contribution is -2.24. The lowest BCUT2D eigenvalue weighted by atomic mass is 10.1. The molecular formula is C51H56O7Si. The minimum atomic E-state index is -1.51. The van der Waals surface area contributed by atoms with Crippen LogP contribution in [0.2, 0.25) is 19.6 Å². The molecule has 0 heterocycles. The molecule has 0 unspecified atom stereocenters. The van der Waals surface area contributed by atoms with Gasteiger partial charge in [0, 0.05) is 5.56 Å². The highest BCUT2D eigenvalue weighted by Gasteiger charge is 2.14. The van der Waals surface area contributed by atoms with Gasteiger partial charge in [-0.25, -0.2) is 0 Å². The maximum absolute atomic E-state index is 10.8. The van der Waals surface area contributed by atoms with Crippen molar-refractivity contribution in [3.63, 3.8) is 0 Å². The molecule has 306 valence electrons. The van der Waals surface area contributed by atoms with Crippen LogP contribution >= 0.6 is 0 Å². The van der Waals surface area contributed by atoms with Gasteiger partial charge in [-0.05, 0) is 80.8 Å². The summed E-state index contributed by atoms with van der Waals surface area (Å²) in [6, 6.07) is 49.4. The van der Waals surface area contributed by atoms with E-state index in [4.69, 9.17) is 28.1 Å². The topological polar surface area (TPSA) is 72.5 Å². The molecule has 0 aliphatic heterocycles. The van der Waals surface area contributed by atoms with Crippen LogP contribution in [0.3, 0.4) is 0 Å². The van der Waals surface area contributed by atoms with Crippen LogP contribution in [0, 0.1) is 0 Å². The maximum atomic E-state index is 10.8. The van der Waals surface area contributed by atoms with Gasteiger partial charge in [0.25, 0.3) is 0 Å². The zero-order chi connectivity index (χ0) is 41.1. The minimum Gasteiger partial charge on any atom is -0.413 e. The molecule has 0 spiro atoms. The Morgan fingerprint density at radius 2 is 0.475 bits per heavy atom. The van der Waals surface area contributed by atoms with Crippen molar-refractivity contribution in [2.75, 3.05) is 0 Å². The van der Waals surface area contributed by atoms with E-state index in [1.165, 1.54) is 5.56 Å². The van der Waals surface area contributed by atoms with Gasteiger partial charge in [0.2, 0.25) is 0 Å². The zero-order valence-electron chi connectivity index (χ0n) is 34.6. The van der Waals surface area contributed by atoms with Crippen LogP contribution in [0.25, 0.3) is 0 Å². The Morgan fingerprint density at radius 1 is 0.305 bits per heavy atom. The van der Waals surface area contributed by atoms with Gasteiger partial charge in [-0.2, -0.15) is 0 Å². The monoisotopic (exact) mass is 808 g/mol. The molecule has 0 fully saturated rings. The molecule has 0 saturated heterocycles. The Kier molecular flexibility index (Phi) is 16.9. The predicted molar refractivity (Wildman–Crippen MR) is 235 cm³/mol. The number of rotatable bonds is 24. The average molecular weight is 809 g/mol. The Labute approximate surface area is 351 Å². The molecular weight excluding hydrogens is 753 g/mol. The summed E-state index contributed by atoms with van der Waals surface area (Å²) in [5, 5.41) is 0. The molecule has 0 amide bonds. The van der Waals surface area contributed by atoms with E-state index in [1.807, 2.05) is 12.1 Å². The summed E-state index contributed by atoms with van der Waals surface area (Å²) >= 11 is 0. The molecule has 0 aromatic heterocycles. The molecule has 6 aromatic carbocycles. The van der Waals surface area contributed by atoms with Gasteiger partial charge in [0.15, 0.2) is 8.32 Å². The highest BCUT2D eigenvalue weighted by molar-refractivity contribution is 6.69. The van der Waals surface area contributed by atoms with Crippen LogP contribution in [0.5, 0.6) is 0 Å². The second kappa shape index (κ2) is 22.9. The van der Waals surface area contributed by atoms with Crippen molar-refractivity contribution in [3.05, 3.63) is 212 Å². The molecule has 6 aromatic rings. The molecule has 6 rings (SSSR count). The van der Waals surface area contributed by atoms with E-state index in [0.717, 1.165) is 61.9 Å². The van der Waals surface area contributed by atoms with Crippen LogP contribution in [0.15, 0.2) is 146 Å². The Morgan fingerprint density at radius 3 is 0.644 bits per heavy atom. The molecule has 59 heavy (non-hydrogen) atoms. The second-order valence-electron chi connectivity index (χ2n) is 15.8. The summed E-state index contributed by atoms with van der Waals surface area (Å²) in [6.45, 7) is 12.7. The molecule has 0 saturated carbocycles. The highest BCUT2D eigenvalue weighted by atomic mass is 28.4. The molecule has 0 radical (unpaired) electrons. The largest absolute Gasteiger partial charge is 0.413 e. The van der Waals surface area contributed by atoms with Crippen molar-refractivity contribution in [3.8, 4) is 0 Å². The molecule has 0 N–H and O–H groups in total. The van der Waals surface area contributed by atoms with Crippen molar-refractivity contribution in [1.82, 2.24) is 0 Å². The summed E-state index contributed by atoms with van der Waals surface area (Å²) < 4.78 is 35.8. The van der Waals surface area contributed by atoms with Crippen molar-refractivity contribution < 1.29 is 32.9 Å². The van der Waals surface area contributed by atoms with Gasteiger partial charge in [0.05, 0.1) is 72.7 Å². The zero-order valence-corrected chi connectivity index (χ0v) is 35.6. The van der Waals surface area contributed by atoms with E-state index in [-0.39, 0.29) is 0 Å². The van der Waals surface area contributed by atoms with E-state index < -0.39 is 8.32 Å². The van der Waals surface area contributed by atoms with E-state index >= 15 is 0 Å². The fraction of sp³-hybridized carbons (Fsp3) is 0.275. The molecule has 0 atom stereocenters. The summed E-state index contributed by atoms with van der Waals surface area (Å²) in [5.41, 5.74) is 13.1. The van der Waals surface area contributed by atoms with Crippen molar-refractivity contribution in [1.29, 1.82) is 0 Å². The normalized spacial score (nSPS) is 11.5. The van der Waals surface area contributed by atoms with Crippen molar-refractivity contribution in [2.45, 2.75) is 92.3 Å². The number of carbonyl (C=O) groups excluding carboxylic acids is 1. The fourth-order valence-electron chi connectivity index (χ4n) is 6.08. The molecule has 8 heteroatoms. The maximum Gasteiger partial charge on any atom is 0.184 e. The van der Waals surface area contributed by atoms with Crippen LogP contribution in [0.4, 0.5) is 0 Å². The Bertz CT molecular complexity index is 2110. The first-order valence-electron chi connectivity index (χ1n) is 20.2. The number of hydrogen-bond donors (Lipinski definition) is 0. The quantitative estimate of drug-likeness (QED) is 0.0445. The Hall–Kier alpha value is -5.03. The van der Waals surface area contributed by atoms with E-state index in [9.17, 15) is 4.79 Å². The summed E-state index contributed by atoms with van der Waals surface area (Å²) in [6.07, 6.45) is 0.844. The minimum absolute atomic E-state index is 0.503. The molecule has 0 aliphatic rings. The van der Waals surface area contributed by atoms with Crippen molar-refractivity contribution >= 4 is 14.6 Å². The van der Waals surface area contributed by atoms with Gasteiger partial charge >= 0.3 is 0 Å². The third-order valence-corrected chi connectivity index (χ3v) is 10.6. The standard InChI is InChI=1S/C51H56O7Si/c1-59(2,3)58-39-51-26-24-50(25-27-51)38-57-37-49-22-20-48(21-23-49)36-56-35-47-18-16-46(17-19-47)34-55-33-45-14-12-44(13-15-45)32-54-31-43-10-8-42(9-11-43)30-53-29-41-6-4-40(28-52)5-7-41/h4-28H,29-39H2,1-3H3. The SMILES string of the molecule is C[Si](C)(C)OCc1ccc(COCc2ccc(COCc3ccc(COCc4ccc(COCc5ccc(COCc6ccc(C=O)cc6)cc5)cc4)cc3)cc2)cc1. The first-order valence-corrected chi connectivity index (χ1v) is 23.6. The lowest BCUT2D eigenvalue weighted by molar-refractivity contribution is 0.104. The van der Waals surface area contributed by atoms with Gasteiger partial charge in [-0.1, -0.05) is 146 Å². The van der Waals surface area contributed by atoms with Crippen LogP contribution in [0.1, 0.15) is 71.6 Å². The van der Waals surface area contributed by atoms with Crippen LogP contribution in [-0.2, 0) is 101 Å². The number of benzene rings is 6. The van der Waals surface area contributed by atoms with E-state index in [0.29, 0.717) is 78.2 Å². The van der Waals surface area contributed by atoms with Crippen LogP contribution < -0.4 is 0 Å². The summed E-state index contributed by atoms with van der Waals surface area (Å²) in [5.74, 6) is 0. The third-order valence-electron chi connectivity index (χ3n) is 9.59. The lowest BCUT2D eigenvalue weighted by Gasteiger charge is -2.17. The fourth-order valence-corrected chi connectivity index (χ4v) is 6.68. The molecule has 0 aliphatic carbocycles. The highest BCUT2D eigenvalue weighted by Crippen LogP contribution is 2.16. The van der Waals surface area contributed by atoms with Gasteiger partial charge in [-0.3, -0.25) is 4.79 Å².